The number of fused-ring (bicyclic) bond motifs is 3. The number of carbonyl (C=O) groups is 1. The lowest BCUT2D eigenvalue weighted by Crippen LogP contribution is -3.00. The largest absolute Gasteiger partial charge is 1.00 e. The van der Waals surface area contributed by atoms with E-state index in [4.69, 9.17) is 0 Å². The van der Waals surface area contributed by atoms with Gasteiger partial charge in [-0.15, -0.1) is 4.57 Å². The highest BCUT2D eigenvalue weighted by atomic mass is 35.5. The number of aromatic nitrogens is 1. The molecule has 3 aromatic rings. The zero-order valence-corrected chi connectivity index (χ0v) is 13.8. The Morgan fingerprint density at radius 2 is 1.64 bits per heavy atom. The van der Waals surface area contributed by atoms with E-state index >= 15 is 0 Å². The topological polar surface area (TPSA) is 64.1 Å². The first kappa shape index (κ1) is 16.8. The molecule has 0 unspecified atom stereocenters. The number of nitrogens with zero attached hydrogens (tertiary/aromatic N) is 2. The standard InChI is InChI=1S/C19H13N2O3.ClH/c22-19(13-7-9-15(10-8-13)21(23)24)20-11-3-6-17-16-5-2-1-4-14(16)12-18(17)20;/h1-11H,12H2;1H/q+1;/p-1. The first-order valence-corrected chi connectivity index (χ1v) is 7.56. The number of rotatable bonds is 2. The van der Waals surface area contributed by atoms with Gasteiger partial charge in [0.05, 0.1) is 22.5 Å². The normalized spacial score (nSPS) is 11.2. The summed E-state index contributed by atoms with van der Waals surface area (Å²) in [5.74, 6) is -0.186. The summed E-state index contributed by atoms with van der Waals surface area (Å²) in [6.45, 7) is 0. The van der Waals surface area contributed by atoms with E-state index in [0.717, 1.165) is 16.8 Å². The van der Waals surface area contributed by atoms with E-state index in [1.165, 1.54) is 29.8 Å². The summed E-state index contributed by atoms with van der Waals surface area (Å²) in [5, 5.41) is 10.7. The van der Waals surface area contributed by atoms with E-state index in [0.29, 0.717) is 12.0 Å². The maximum atomic E-state index is 12.8. The van der Waals surface area contributed by atoms with Crippen molar-refractivity contribution in [3.8, 4) is 11.1 Å². The number of hydrogen-bond donors (Lipinski definition) is 0. The molecule has 0 spiro atoms. The number of nitro groups is 1. The number of carbonyl (C=O) groups excluding carboxylic acids is 1. The quantitative estimate of drug-likeness (QED) is 0.293. The van der Waals surface area contributed by atoms with Crippen LogP contribution in [-0.2, 0) is 6.42 Å². The second kappa shape index (κ2) is 6.45. The van der Waals surface area contributed by atoms with Gasteiger partial charge in [0.25, 0.3) is 5.69 Å². The van der Waals surface area contributed by atoms with Gasteiger partial charge in [0.1, 0.15) is 0 Å². The summed E-state index contributed by atoms with van der Waals surface area (Å²) >= 11 is 0. The molecule has 4 rings (SSSR count). The molecule has 5 nitrogen and oxygen atoms in total. The zero-order valence-electron chi connectivity index (χ0n) is 13.1. The van der Waals surface area contributed by atoms with Crippen LogP contribution >= 0.6 is 0 Å². The van der Waals surface area contributed by atoms with Gasteiger partial charge >= 0.3 is 5.91 Å². The predicted molar refractivity (Wildman–Crippen MR) is 87.7 cm³/mol. The van der Waals surface area contributed by atoms with E-state index < -0.39 is 4.92 Å². The number of non-ortho nitro benzene ring substituents is 1. The van der Waals surface area contributed by atoms with Crippen LogP contribution in [0.15, 0.2) is 66.9 Å². The third-order valence-corrected chi connectivity index (χ3v) is 4.31. The highest BCUT2D eigenvalue weighted by molar-refractivity contribution is 5.88. The van der Waals surface area contributed by atoms with Crippen LogP contribution in [0.2, 0.25) is 0 Å². The molecule has 0 bridgehead atoms. The van der Waals surface area contributed by atoms with Crippen molar-refractivity contribution in [2.24, 2.45) is 0 Å². The summed E-state index contributed by atoms with van der Waals surface area (Å²) in [4.78, 5) is 23.1. The van der Waals surface area contributed by atoms with Crippen LogP contribution in [0.4, 0.5) is 5.69 Å². The molecule has 25 heavy (non-hydrogen) atoms. The van der Waals surface area contributed by atoms with Gasteiger partial charge in [0.2, 0.25) is 5.69 Å². The van der Waals surface area contributed by atoms with Crippen molar-refractivity contribution in [2.75, 3.05) is 0 Å². The van der Waals surface area contributed by atoms with Crippen LogP contribution < -0.4 is 17.0 Å². The fourth-order valence-corrected chi connectivity index (χ4v) is 3.14. The minimum absolute atomic E-state index is 0. The Labute approximate surface area is 150 Å². The molecule has 0 amide bonds. The lowest BCUT2D eigenvalue weighted by Gasteiger charge is -2.01. The van der Waals surface area contributed by atoms with Gasteiger partial charge in [0, 0.05) is 18.2 Å². The molecule has 0 fully saturated rings. The second-order valence-corrected chi connectivity index (χ2v) is 5.68. The summed E-state index contributed by atoms with van der Waals surface area (Å²) in [6.07, 6.45) is 2.44. The molecule has 1 aromatic heterocycles. The van der Waals surface area contributed by atoms with Crippen LogP contribution in [0.3, 0.4) is 0 Å². The number of pyridine rings is 1. The minimum atomic E-state index is -0.474. The Balaban J connectivity index is 0.00000182. The van der Waals surface area contributed by atoms with Crippen LogP contribution in [-0.4, -0.2) is 10.8 Å². The predicted octanol–water partition coefficient (Wildman–Crippen LogP) is 0.146. The van der Waals surface area contributed by atoms with Crippen molar-refractivity contribution < 1.29 is 26.7 Å². The van der Waals surface area contributed by atoms with Crippen molar-refractivity contribution in [1.82, 2.24) is 0 Å². The minimum Gasteiger partial charge on any atom is -1.00 e. The van der Waals surface area contributed by atoms with Gasteiger partial charge in [-0.2, -0.15) is 0 Å². The van der Waals surface area contributed by atoms with Crippen molar-refractivity contribution in [2.45, 2.75) is 6.42 Å². The molecule has 1 aliphatic carbocycles. The summed E-state index contributed by atoms with van der Waals surface area (Å²) in [6, 6.07) is 17.7. The second-order valence-electron chi connectivity index (χ2n) is 5.68. The maximum absolute atomic E-state index is 12.8. The average molecular weight is 353 g/mol. The first-order valence-electron chi connectivity index (χ1n) is 7.56. The van der Waals surface area contributed by atoms with Crippen molar-refractivity contribution in [3.05, 3.63) is 93.8 Å². The smallest absolute Gasteiger partial charge is 0.424 e. The maximum Gasteiger partial charge on any atom is 0.424 e. The summed E-state index contributed by atoms with van der Waals surface area (Å²) < 4.78 is 1.64. The Hall–Kier alpha value is -3.05. The molecule has 0 N–H and O–H groups in total. The zero-order chi connectivity index (χ0) is 16.7. The van der Waals surface area contributed by atoms with Gasteiger partial charge in [0.15, 0.2) is 6.20 Å². The Kier molecular flexibility index (Phi) is 4.33. The summed E-state index contributed by atoms with van der Waals surface area (Å²) in [7, 11) is 0. The van der Waals surface area contributed by atoms with Crippen LogP contribution in [0.1, 0.15) is 21.6 Å². The lowest BCUT2D eigenvalue weighted by atomic mass is 10.1. The van der Waals surface area contributed by atoms with Crippen molar-refractivity contribution in [3.63, 3.8) is 0 Å². The van der Waals surface area contributed by atoms with Gasteiger partial charge in [-0.1, -0.05) is 24.3 Å². The van der Waals surface area contributed by atoms with E-state index in [1.807, 2.05) is 24.3 Å². The SMILES string of the molecule is O=C(c1ccc([N+](=O)[O-])cc1)[n+]1cccc2c1Cc1ccccc1-2.[Cl-]. The average Bonchev–Trinajstić information content (AvgIpc) is 3.00. The Bertz CT molecular complexity index is 984. The van der Waals surface area contributed by atoms with Crippen LogP contribution in [0, 0.1) is 10.1 Å². The lowest BCUT2D eigenvalue weighted by molar-refractivity contribution is -0.578. The molecular weight excluding hydrogens is 340 g/mol. The molecule has 2 aromatic carbocycles. The monoisotopic (exact) mass is 352 g/mol. The van der Waals surface area contributed by atoms with E-state index in [-0.39, 0.29) is 24.0 Å². The molecular formula is C19H13ClN2O3. The molecule has 6 heteroatoms. The Morgan fingerprint density at radius 1 is 0.960 bits per heavy atom. The van der Waals surface area contributed by atoms with E-state index in [2.05, 4.69) is 12.1 Å². The molecule has 1 aliphatic rings. The highest BCUT2D eigenvalue weighted by Gasteiger charge is 2.31. The number of nitro benzene ring substituents is 1. The van der Waals surface area contributed by atoms with E-state index in [9.17, 15) is 14.9 Å². The molecule has 124 valence electrons. The third-order valence-electron chi connectivity index (χ3n) is 4.31. The fraction of sp³-hybridized carbons (Fsp3) is 0.0526. The van der Waals surface area contributed by atoms with Crippen molar-refractivity contribution >= 4 is 11.6 Å². The van der Waals surface area contributed by atoms with Crippen LogP contribution in [0.25, 0.3) is 11.1 Å². The number of benzene rings is 2. The van der Waals surface area contributed by atoms with Gasteiger partial charge in [-0.25, -0.2) is 4.79 Å². The van der Waals surface area contributed by atoms with Gasteiger partial charge < -0.3 is 12.4 Å². The van der Waals surface area contributed by atoms with Crippen LogP contribution in [0.5, 0.6) is 0 Å². The fourth-order valence-electron chi connectivity index (χ4n) is 3.14. The molecule has 0 saturated carbocycles. The molecule has 0 atom stereocenters. The number of halogens is 1. The Morgan fingerprint density at radius 3 is 2.36 bits per heavy atom. The van der Waals surface area contributed by atoms with Gasteiger partial charge in [-0.3, -0.25) is 10.1 Å². The highest BCUT2D eigenvalue weighted by Crippen LogP contribution is 2.34. The first-order chi connectivity index (χ1) is 11.6. The molecule has 0 radical (unpaired) electrons. The third kappa shape index (κ3) is 2.79. The van der Waals surface area contributed by atoms with Gasteiger partial charge in [-0.05, 0) is 29.3 Å². The molecule has 1 heterocycles. The summed E-state index contributed by atoms with van der Waals surface area (Å²) in [5.41, 5.74) is 4.75. The van der Waals surface area contributed by atoms with Crippen molar-refractivity contribution in [1.29, 1.82) is 0 Å². The molecule has 0 aliphatic heterocycles. The number of hydrogen-bond acceptors (Lipinski definition) is 3. The van der Waals surface area contributed by atoms with E-state index in [1.54, 1.807) is 10.8 Å². The molecule has 0 saturated heterocycles.